The Hall–Kier alpha value is -1.97. The number of nitrogens with zero attached hydrogens (tertiary/aromatic N) is 2. The third kappa shape index (κ3) is 4.56. The van der Waals surface area contributed by atoms with Crippen LogP contribution >= 0.6 is 11.3 Å². The van der Waals surface area contributed by atoms with Crippen molar-refractivity contribution < 1.29 is 13.2 Å². The van der Waals surface area contributed by atoms with Crippen LogP contribution in [0, 0.1) is 0 Å². The van der Waals surface area contributed by atoms with E-state index in [1.165, 1.54) is 16.2 Å². The van der Waals surface area contributed by atoms with Crippen LogP contribution in [-0.4, -0.2) is 42.7 Å². The second kappa shape index (κ2) is 7.51. The van der Waals surface area contributed by atoms with Crippen LogP contribution in [0.4, 0.5) is 4.79 Å². The summed E-state index contributed by atoms with van der Waals surface area (Å²) in [5.74, 6) is 0. The third-order valence-electron chi connectivity index (χ3n) is 4.12. The Labute approximate surface area is 150 Å². The van der Waals surface area contributed by atoms with E-state index in [-0.39, 0.29) is 12.6 Å². The molecular weight excluding hydrogens is 360 g/mol. The minimum Gasteiger partial charge on any atom is -0.332 e. The number of carbonyl (C=O) groups is 1. The molecule has 2 aromatic rings. The largest absolute Gasteiger partial charge is 0.332 e. The van der Waals surface area contributed by atoms with Gasteiger partial charge in [-0.15, -0.1) is 11.3 Å². The van der Waals surface area contributed by atoms with Gasteiger partial charge in [0, 0.05) is 24.0 Å². The summed E-state index contributed by atoms with van der Waals surface area (Å²) < 4.78 is 23.0. The van der Waals surface area contributed by atoms with Gasteiger partial charge in [0.2, 0.25) is 10.0 Å². The van der Waals surface area contributed by atoms with Crippen molar-refractivity contribution in [1.29, 1.82) is 0 Å². The van der Waals surface area contributed by atoms with Crippen molar-refractivity contribution in [3.63, 3.8) is 0 Å². The molecule has 0 bridgehead atoms. The number of benzene rings is 1. The quantitative estimate of drug-likeness (QED) is 0.843. The van der Waals surface area contributed by atoms with E-state index < -0.39 is 15.3 Å². The predicted molar refractivity (Wildman–Crippen MR) is 97.5 cm³/mol. The number of urea groups is 1. The molecule has 0 spiro atoms. The molecule has 7 nitrogen and oxygen atoms in total. The number of nitrogens with two attached hydrogens (primary N) is 1. The van der Waals surface area contributed by atoms with Gasteiger partial charge < -0.3 is 10.2 Å². The molecule has 3 rings (SSSR count). The van der Waals surface area contributed by atoms with Crippen molar-refractivity contribution in [2.75, 3.05) is 13.1 Å². The van der Waals surface area contributed by atoms with Crippen LogP contribution in [0.25, 0.3) is 10.6 Å². The monoisotopic (exact) mass is 380 g/mol. The zero-order valence-electron chi connectivity index (χ0n) is 13.6. The molecule has 134 valence electrons. The van der Waals surface area contributed by atoms with E-state index in [9.17, 15) is 13.2 Å². The van der Waals surface area contributed by atoms with Crippen molar-refractivity contribution in [3.05, 3.63) is 41.4 Å². The van der Waals surface area contributed by atoms with Gasteiger partial charge in [-0.2, -0.15) is 0 Å². The summed E-state index contributed by atoms with van der Waals surface area (Å²) in [6.07, 6.45) is 1.12. The number of piperidine rings is 1. The van der Waals surface area contributed by atoms with E-state index in [0.29, 0.717) is 25.9 Å². The Bertz CT molecular complexity index is 836. The minimum atomic E-state index is -3.62. The number of thiazole rings is 1. The van der Waals surface area contributed by atoms with Crippen LogP contribution in [0.5, 0.6) is 0 Å². The summed E-state index contributed by atoms with van der Waals surface area (Å²) in [6.45, 7) is 0.972. The zero-order chi connectivity index (χ0) is 17.9. The van der Waals surface area contributed by atoms with Crippen LogP contribution in [-0.2, 0) is 16.6 Å². The van der Waals surface area contributed by atoms with Crippen LogP contribution in [0.3, 0.4) is 0 Å². The van der Waals surface area contributed by atoms with Gasteiger partial charge >= 0.3 is 6.03 Å². The number of nitrogens with one attached hydrogen (secondary N) is 1. The number of sulfonamides is 1. The number of hydrogen-bond acceptors (Lipinski definition) is 5. The molecule has 2 heterocycles. The Morgan fingerprint density at radius 1 is 1.36 bits per heavy atom. The topological polar surface area (TPSA) is 105 Å². The predicted octanol–water partition coefficient (Wildman–Crippen LogP) is 1.77. The summed E-state index contributed by atoms with van der Waals surface area (Å²) in [6, 6.07) is 9.55. The second-order valence-electron chi connectivity index (χ2n) is 5.97. The molecule has 25 heavy (non-hydrogen) atoms. The first kappa shape index (κ1) is 17.8. The summed E-state index contributed by atoms with van der Waals surface area (Å²) >= 11 is 1.52. The van der Waals surface area contributed by atoms with Gasteiger partial charge in [-0.05, 0) is 12.8 Å². The smallest absolute Gasteiger partial charge is 0.317 e. The molecule has 0 aliphatic carbocycles. The molecule has 3 N–H and O–H groups in total. The van der Waals surface area contributed by atoms with Gasteiger partial charge in [-0.3, -0.25) is 0 Å². The van der Waals surface area contributed by atoms with E-state index in [1.807, 2.05) is 35.7 Å². The van der Waals surface area contributed by atoms with Gasteiger partial charge in [-0.25, -0.2) is 23.3 Å². The summed E-state index contributed by atoms with van der Waals surface area (Å²) in [4.78, 5) is 18.3. The number of rotatable bonds is 4. The molecule has 0 saturated carbocycles. The van der Waals surface area contributed by atoms with Crippen LogP contribution in [0.2, 0.25) is 0 Å². The molecule has 1 aliphatic heterocycles. The SMILES string of the molecule is NS(=O)(=O)C1CCCN(C(=O)NCc2csc(-c3ccccc3)n2)C1. The van der Waals surface area contributed by atoms with E-state index in [1.54, 1.807) is 0 Å². The van der Waals surface area contributed by atoms with Gasteiger partial charge in [0.15, 0.2) is 0 Å². The van der Waals surface area contributed by atoms with Crippen molar-refractivity contribution in [2.24, 2.45) is 5.14 Å². The van der Waals surface area contributed by atoms with E-state index in [0.717, 1.165) is 16.3 Å². The lowest BCUT2D eigenvalue weighted by atomic mass is 10.1. The number of primary sulfonamides is 1. The van der Waals surface area contributed by atoms with Gasteiger partial charge in [0.05, 0.1) is 17.5 Å². The Morgan fingerprint density at radius 3 is 2.84 bits per heavy atom. The average Bonchev–Trinajstić information content (AvgIpc) is 3.09. The highest BCUT2D eigenvalue weighted by molar-refractivity contribution is 7.89. The Kier molecular flexibility index (Phi) is 5.36. The highest BCUT2D eigenvalue weighted by Crippen LogP contribution is 2.23. The van der Waals surface area contributed by atoms with E-state index in [2.05, 4.69) is 10.3 Å². The number of aromatic nitrogens is 1. The Morgan fingerprint density at radius 2 is 2.12 bits per heavy atom. The zero-order valence-corrected chi connectivity index (χ0v) is 15.2. The maximum atomic E-state index is 12.3. The second-order valence-corrected chi connectivity index (χ2v) is 8.67. The van der Waals surface area contributed by atoms with Gasteiger partial charge in [0.25, 0.3) is 0 Å². The average molecular weight is 380 g/mol. The van der Waals surface area contributed by atoms with Gasteiger partial charge in [0.1, 0.15) is 5.01 Å². The molecule has 1 atom stereocenters. The van der Waals surface area contributed by atoms with E-state index in [4.69, 9.17) is 5.14 Å². The summed E-state index contributed by atoms with van der Waals surface area (Å²) in [7, 11) is -3.62. The van der Waals surface area contributed by atoms with Crippen LogP contribution in [0.1, 0.15) is 18.5 Å². The summed E-state index contributed by atoms with van der Waals surface area (Å²) in [5.41, 5.74) is 1.81. The minimum absolute atomic E-state index is 0.136. The molecule has 1 aromatic heterocycles. The normalized spacial score (nSPS) is 18.1. The van der Waals surface area contributed by atoms with Crippen molar-refractivity contribution in [1.82, 2.24) is 15.2 Å². The molecule has 2 amide bonds. The van der Waals surface area contributed by atoms with Crippen LogP contribution < -0.4 is 10.5 Å². The van der Waals surface area contributed by atoms with Crippen molar-refractivity contribution in [2.45, 2.75) is 24.6 Å². The lowest BCUT2D eigenvalue weighted by Gasteiger charge is -2.31. The maximum Gasteiger partial charge on any atom is 0.317 e. The summed E-state index contributed by atoms with van der Waals surface area (Å²) in [5, 5.41) is 10.1. The fourth-order valence-electron chi connectivity index (χ4n) is 2.77. The lowest BCUT2D eigenvalue weighted by molar-refractivity contribution is 0.186. The standard InChI is InChI=1S/C16H20N4O3S2/c17-25(22,23)14-7-4-8-20(10-14)16(21)18-9-13-11-24-15(19-13)12-5-2-1-3-6-12/h1-3,5-6,11,14H,4,7-10H2,(H,18,21)(H2,17,22,23). The van der Waals surface area contributed by atoms with Gasteiger partial charge in [-0.1, -0.05) is 30.3 Å². The molecule has 1 aromatic carbocycles. The maximum absolute atomic E-state index is 12.3. The highest BCUT2D eigenvalue weighted by Gasteiger charge is 2.30. The first-order valence-corrected chi connectivity index (χ1v) is 10.5. The third-order valence-corrected chi connectivity index (χ3v) is 6.38. The lowest BCUT2D eigenvalue weighted by Crippen LogP contribution is -2.50. The molecule has 9 heteroatoms. The molecular formula is C16H20N4O3S2. The van der Waals surface area contributed by atoms with E-state index >= 15 is 0 Å². The molecule has 1 unspecified atom stereocenters. The molecule has 1 aliphatic rings. The molecule has 0 radical (unpaired) electrons. The van der Waals surface area contributed by atoms with Crippen LogP contribution in [0.15, 0.2) is 35.7 Å². The Balaban J connectivity index is 1.57. The number of carbonyl (C=O) groups excluding carboxylic acids is 1. The first-order valence-electron chi connectivity index (χ1n) is 7.97. The van der Waals surface area contributed by atoms with Crippen molar-refractivity contribution in [3.8, 4) is 10.6 Å². The fraction of sp³-hybridized carbons (Fsp3) is 0.375. The number of amides is 2. The highest BCUT2D eigenvalue weighted by atomic mass is 32.2. The number of likely N-dealkylation sites (tertiary alicyclic amines) is 1. The fourth-order valence-corrected chi connectivity index (χ4v) is 4.48. The molecule has 1 fully saturated rings. The number of hydrogen-bond donors (Lipinski definition) is 2. The molecule has 1 saturated heterocycles. The van der Waals surface area contributed by atoms with Crippen molar-refractivity contribution >= 4 is 27.4 Å². The first-order chi connectivity index (χ1) is 11.9.